The van der Waals surface area contributed by atoms with Crippen LogP contribution in [0, 0.1) is 0 Å². The van der Waals surface area contributed by atoms with Crippen LogP contribution in [0.5, 0.6) is 0 Å². The molecule has 9 heteroatoms. The van der Waals surface area contributed by atoms with Gasteiger partial charge in [0.15, 0.2) is 12.1 Å². The summed E-state index contributed by atoms with van der Waals surface area (Å²) in [6.07, 6.45) is -2.98. The van der Waals surface area contributed by atoms with Gasteiger partial charge in [0.05, 0.1) is 13.7 Å². The average Bonchev–Trinajstić information content (AvgIpc) is 2.94. The van der Waals surface area contributed by atoms with E-state index in [0.29, 0.717) is 0 Å². The molecule has 0 bridgehead atoms. The third kappa shape index (κ3) is 4.05. The van der Waals surface area contributed by atoms with Crippen molar-refractivity contribution in [2.24, 2.45) is 0 Å². The van der Waals surface area contributed by atoms with Gasteiger partial charge in [-0.3, -0.25) is 0 Å². The first-order valence-electron chi connectivity index (χ1n) is 8.05. The normalized spacial score (nSPS) is 33.6. The molecule has 2 aliphatic rings. The minimum atomic E-state index is -1.61. The van der Waals surface area contributed by atoms with Gasteiger partial charge in [-0.05, 0) is 34.6 Å². The summed E-state index contributed by atoms with van der Waals surface area (Å²) < 4.78 is 32.8. The van der Waals surface area contributed by atoms with Gasteiger partial charge in [-0.2, -0.15) is 0 Å². The zero-order valence-corrected chi connectivity index (χ0v) is 15.7. The van der Waals surface area contributed by atoms with Crippen LogP contribution in [0.1, 0.15) is 34.6 Å². The summed E-state index contributed by atoms with van der Waals surface area (Å²) in [6.45, 7) is 8.45. The molecule has 0 radical (unpaired) electrons. The van der Waals surface area contributed by atoms with E-state index in [9.17, 15) is 9.59 Å². The van der Waals surface area contributed by atoms with Gasteiger partial charge < -0.3 is 33.7 Å². The number of nitrogens with one attached hydrogen (secondary N) is 1. The Bertz CT molecular complexity index is 529. The number of ether oxygens (including phenoxy) is 6. The number of esters is 1. The van der Waals surface area contributed by atoms with Crippen LogP contribution in [0.2, 0.25) is 0 Å². The number of alkyl carbamates (subject to hydrolysis) is 1. The lowest BCUT2D eigenvalue weighted by atomic mass is 9.95. The van der Waals surface area contributed by atoms with Crippen molar-refractivity contribution in [1.82, 2.24) is 5.32 Å². The number of hydrogen-bond donors (Lipinski definition) is 1. The minimum Gasteiger partial charge on any atom is -0.467 e. The maximum atomic E-state index is 12.5. The number of carbonyl (C=O) groups is 2. The summed E-state index contributed by atoms with van der Waals surface area (Å²) in [5.74, 6) is -1.62. The molecule has 0 aromatic heterocycles. The zero-order valence-electron chi connectivity index (χ0n) is 15.7. The Kier molecular flexibility index (Phi) is 5.34. The summed E-state index contributed by atoms with van der Waals surface area (Å²) in [7, 11) is 2.67. The van der Waals surface area contributed by atoms with E-state index in [1.54, 1.807) is 34.6 Å². The lowest BCUT2D eigenvalue weighted by Crippen LogP contribution is -2.58. The van der Waals surface area contributed by atoms with Crippen LogP contribution in [0.3, 0.4) is 0 Å². The van der Waals surface area contributed by atoms with Gasteiger partial charge in [0.2, 0.25) is 5.60 Å². The Labute approximate surface area is 147 Å². The Morgan fingerprint density at radius 3 is 2.28 bits per heavy atom. The molecular weight excluding hydrogens is 334 g/mol. The Morgan fingerprint density at radius 2 is 1.76 bits per heavy atom. The maximum Gasteiger partial charge on any atom is 0.407 e. The fourth-order valence-corrected chi connectivity index (χ4v) is 2.94. The van der Waals surface area contributed by atoms with Gasteiger partial charge in [0.25, 0.3) is 0 Å². The molecule has 2 aliphatic heterocycles. The monoisotopic (exact) mass is 361 g/mol. The molecule has 9 nitrogen and oxygen atoms in total. The van der Waals surface area contributed by atoms with Crippen molar-refractivity contribution in [3.05, 3.63) is 0 Å². The van der Waals surface area contributed by atoms with Crippen LogP contribution >= 0.6 is 0 Å². The van der Waals surface area contributed by atoms with Gasteiger partial charge in [-0.25, -0.2) is 9.59 Å². The van der Waals surface area contributed by atoms with Crippen molar-refractivity contribution in [2.45, 2.75) is 70.1 Å². The summed E-state index contributed by atoms with van der Waals surface area (Å²) >= 11 is 0. The van der Waals surface area contributed by atoms with E-state index < -0.39 is 47.5 Å². The minimum absolute atomic E-state index is 0.213. The Morgan fingerprint density at radius 1 is 1.12 bits per heavy atom. The number of hydrogen-bond acceptors (Lipinski definition) is 8. The van der Waals surface area contributed by atoms with Crippen LogP contribution in [-0.2, 0) is 33.2 Å². The largest absolute Gasteiger partial charge is 0.467 e. The van der Waals surface area contributed by atoms with Crippen molar-refractivity contribution >= 4 is 12.1 Å². The quantitative estimate of drug-likeness (QED) is 0.739. The van der Waals surface area contributed by atoms with Crippen LogP contribution < -0.4 is 5.32 Å². The van der Waals surface area contributed by atoms with Crippen molar-refractivity contribution in [3.8, 4) is 0 Å². The van der Waals surface area contributed by atoms with Crippen molar-refractivity contribution in [3.63, 3.8) is 0 Å². The van der Waals surface area contributed by atoms with E-state index in [2.05, 4.69) is 5.32 Å². The first kappa shape index (κ1) is 19.9. The molecule has 1 amide bonds. The second-order valence-electron chi connectivity index (χ2n) is 7.48. The highest BCUT2D eigenvalue weighted by atomic mass is 16.8. The van der Waals surface area contributed by atoms with Crippen LogP contribution in [0.15, 0.2) is 0 Å². The molecule has 0 aliphatic carbocycles. The molecule has 0 spiro atoms. The molecule has 2 unspecified atom stereocenters. The average molecular weight is 361 g/mol. The molecule has 4 atom stereocenters. The van der Waals surface area contributed by atoms with E-state index in [4.69, 9.17) is 28.4 Å². The molecule has 2 fully saturated rings. The molecule has 0 aromatic carbocycles. The summed E-state index contributed by atoms with van der Waals surface area (Å²) in [4.78, 5) is 24.5. The first-order chi connectivity index (χ1) is 11.4. The SMILES string of the molecule is COC(=O)[C@@]1(CNC(=O)OC(C)(C)C)O[C@@H](OC)C2OC(C)(C)OC21. The number of rotatable bonds is 4. The number of amides is 1. The van der Waals surface area contributed by atoms with Crippen LogP contribution in [0.4, 0.5) is 4.79 Å². The second kappa shape index (κ2) is 6.71. The molecule has 0 saturated carbocycles. The molecule has 2 rings (SSSR count). The maximum absolute atomic E-state index is 12.5. The molecule has 144 valence electrons. The zero-order chi connectivity index (χ0) is 19.0. The highest BCUT2D eigenvalue weighted by molar-refractivity contribution is 5.82. The number of fused-ring (bicyclic) bond motifs is 1. The second-order valence-corrected chi connectivity index (χ2v) is 7.48. The van der Waals surface area contributed by atoms with Crippen LogP contribution in [-0.4, -0.2) is 68.3 Å². The Hall–Kier alpha value is -1.42. The summed E-state index contributed by atoms with van der Waals surface area (Å²) in [6, 6.07) is 0. The van der Waals surface area contributed by atoms with E-state index >= 15 is 0 Å². The topological polar surface area (TPSA) is 102 Å². The lowest BCUT2D eigenvalue weighted by Gasteiger charge is -2.32. The van der Waals surface area contributed by atoms with Crippen molar-refractivity contribution in [1.29, 1.82) is 0 Å². The standard InChI is InChI=1S/C16H27NO8/c1-14(2,3)25-13(19)17-8-16(12(18)21-7)10-9(11(20-6)24-16)22-15(4,5)23-10/h9-11H,8H2,1-7H3,(H,17,19)/t9?,10?,11-,16+/m1/s1. The molecular formula is C16H27NO8. The number of carbonyl (C=O) groups excluding carboxylic acids is 2. The van der Waals surface area contributed by atoms with Gasteiger partial charge in [-0.15, -0.1) is 0 Å². The predicted octanol–water partition coefficient (Wildman–Crippen LogP) is 0.946. The van der Waals surface area contributed by atoms with Crippen molar-refractivity contribution in [2.75, 3.05) is 20.8 Å². The highest BCUT2D eigenvalue weighted by Gasteiger charge is 2.67. The third-order valence-corrected chi connectivity index (χ3v) is 3.84. The van der Waals surface area contributed by atoms with Gasteiger partial charge in [0, 0.05) is 7.11 Å². The van der Waals surface area contributed by atoms with Crippen molar-refractivity contribution < 1.29 is 38.0 Å². The highest BCUT2D eigenvalue weighted by Crippen LogP contribution is 2.44. The first-order valence-corrected chi connectivity index (χ1v) is 8.05. The van der Waals surface area contributed by atoms with Gasteiger partial charge in [-0.1, -0.05) is 0 Å². The fourth-order valence-electron chi connectivity index (χ4n) is 2.94. The molecule has 25 heavy (non-hydrogen) atoms. The Balaban J connectivity index is 2.23. The van der Waals surface area contributed by atoms with E-state index in [1.165, 1.54) is 14.2 Å². The summed E-state index contributed by atoms with van der Waals surface area (Å²) in [5, 5.41) is 2.54. The molecule has 2 heterocycles. The fraction of sp³-hybridized carbons (Fsp3) is 0.875. The third-order valence-electron chi connectivity index (χ3n) is 3.84. The molecule has 1 N–H and O–H groups in total. The lowest BCUT2D eigenvalue weighted by molar-refractivity contribution is -0.251. The van der Waals surface area contributed by atoms with Crippen LogP contribution in [0.25, 0.3) is 0 Å². The summed E-state index contributed by atoms with van der Waals surface area (Å²) in [5.41, 5.74) is -2.28. The predicted molar refractivity (Wildman–Crippen MR) is 84.7 cm³/mol. The smallest absolute Gasteiger partial charge is 0.407 e. The van der Waals surface area contributed by atoms with Gasteiger partial charge in [0.1, 0.15) is 17.8 Å². The van der Waals surface area contributed by atoms with E-state index in [-0.39, 0.29) is 6.54 Å². The van der Waals surface area contributed by atoms with Gasteiger partial charge >= 0.3 is 12.1 Å². The van der Waals surface area contributed by atoms with E-state index in [1.807, 2.05) is 0 Å². The molecule has 2 saturated heterocycles. The molecule has 0 aromatic rings. The number of methoxy groups -OCH3 is 2. The van der Waals surface area contributed by atoms with E-state index in [0.717, 1.165) is 0 Å².